The molecule has 2 heterocycles. The van der Waals surface area contributed by atoms with Gasteiger partial charge in [0.05, 0.1) is 18.8 Å². The number of rotatable bonds is 4. The van der Waals surface area contributed by atoms with E-state index in [2.05, 4.69) is 15.0 Å². The molecule has 0 saturated carbocycles. The maximum Gasteiger partial charge on any atom is 0.322 e. The van der Waals surface area contributed by atoms with Crippen LogP contribution in [0.25, 0.3) is 0 Å². The van der Waals surface area contributed by atoms with E-state index in [4.69, 9.17) is 16.3 Å². The predicted molar refractivity (Wildman–Crippen MR) is 68.1 cm³/mol. The molecule has 1 unspecified atom stereocenters. The second-order valence-electron chi connectivity index (χ2n) is 4.53. The van der Waals surface area contributed by atoms with Crippen molar-refractivity contribution < 1.29 is 9.84 Å². The average Bonchev–Trinajstić information content (AvgIpc) is 2.75. The Labute approximate surface area is 111 Å². The Balaban J connectivity index is 2.24. The van der Waals surface area contributed by atoms with Gasteiger partial charge in [-0.25, -0.2) is 0 Å². The lowest BCUT2D eigenvalue weighted by Gasteiger charge is -2.23. The molecule has 6 nitrogen and oxygen atoms in total. The fourth-order valence-corrected chi connectivity index (χ4v) is 2.15. The molecule has 1 saturated heterocycles. The van der Waals surface area contributed by atoms with Gasteiger partial charge < -0.3 is 14.7 Å². The summed E-state index contributed by atoms with van der Waals surface area (Å²) in [7, 11) is 0. The molecule has 18 heavy (non-hydrogen) atoms. The topological polar surface area (TPSA) is 71.4 Å². The van der Waals surface area contributed by atoms with Crippen molar-refractivity contribution in [3.8, 4) is 6.01 Å². The fourth-order valence-electron chi connectivity index (χ4n) is 2.00. The first-order valence-electron chi connectivity index (χ1n) is 6.06. The molecule has 0 bridgehead atoms. The van der Waals surface area contributed by atoms with Crippen molar-refractivity contribution in [1.82, 2.24) is 15.0 Å². The predicted octanol–water partition coefficient (Wildman–Crippen LogP) is 1.27. The first kappa shape index (κ1) is 13.3. The molecule has 1 fully saturated rings. The zero-order chi connectivity index (χ0) is 13.1. The van der Waals surface area contributed by atoms with Gasteiger partial charge in [0, 0.05) is 6.54 Å². The second kappa shape index (κ2) is 5.67. The van der Waals surface area contributed by atoms with Crippen molar-refractivity contribution in [2.24, 2.45) is 0 Å². The molecular weight excluding hydrogens is 256 g/mol. The number of aliphatic hydroxyl groups excluding tert-OH is 1. The van der Waals surface area contributed by atoms with Crippen LogP contribution in [0.15, 0.2) is 0 Å². The van der Waals surface area contributed by atoms with Crippen LogP contribution >= 0.6 is 11.6 Å². The van der Waals surface area contributed by atoms with Gasteiger partial charge in [0.1, 0.15) is 0 Å². The van der Waals surface area contributed by atoms with Gasteiger partial charge >= 0.3 is 6.01 Å². The Kier molecular flexibility index (Phi) is 4.19. The summed E-state index contributed by atoms with van der Waals surface area (Å²) in [6.45, 7) is 4.68. The van der Waals surface area contributed by atoms with Crippen molar-refractivity contribution in [3.63, 3.8) is 0 Å². The summed E-state index contributed by atoms with van der Waals surface area (Å²) in [6.07, 6.45) is 1.92. The van der Waals surface area contributed by atoms with E-state index in [0.29, 0.717) is 5.95 Å². The number of hydrogen-bond donors (Lipinski definition) is 1. The molecular formula is C11H17ClN4O2. The molecule has 1 aliphatic rings. The Morgan fingerprint density at radius 2 is 2.22 bits per heavy atom. The van der Waals surface area contributed by atoms with E-state index >= 15 is 0 Å². The first-order valence-corrected chi connectivity index (χ1v) is 6.43. The van der Waals surface area contributed by atoms with Crippen LogP contribution in [0.3, 0.4) is 0 Å². The van der Waals surface area contributed by atoms with Gasteiger partial charge in [0.15, 0.2) is 0 Å². The highest BCUT2D eigenvalue weighted by atomic mass is 35.5. The number of halogens is 1. The highest BCUT2D eigenvalue weighted by Crippen LogP contribution is 2.24. The maximum absolute atomic E-state index is 9.30. The number of aromatic nitrogens is 3. The van der Waals surface area contributed by atoms with Crippen LogP contribution in [0.5, 0.6) is 6.01 Å². The highest BCUT2D eigenvalue weighted by molar-refractivity contribution is 6.28. The van der Waals surface area contributed by atoms with Crippen LogP contribution < -0.4 is 9.64 Å². The summed E-state index contributed by atoms with van der Waals surface area (Å²) in [5.41, 5.74) is 0. The van der Waals surface area contributed by atoms with Gasteiger partial charge in [-0.3, -0.25) is 0 Å². The Hall–Kier alpha value is -1.14. The number of ether oxygens (including phenoxy) is 1. The number of nitrogens with zero attached hydrogens (tertiary/aromatic N) is 4. The molecule has 0 spiro atoms. The Morgan fingerprint density at radius 3 is 2.89 bits per heavy atom. The van der Waals surface area contributed by atoms with E-state index in [1.807, 2.05) is 18.7 Å². The molecule has 100 valence electrons. The van der Waals surface area contributed by atoms with E-state index in [9.17, 15) is 5.11 Å². The Bertz CT molecular complexity index is 416. The van der Waals surface area contributed by atoms with Crippen molar-refractivity contribution in [2.45, 2.75) is 38.8 Å². The molecule has 1 aromatic rings. The number of aliphatic hydroxyl groups is 1. The van der Waals surface area contributed by atoms with E-state index < -0.39 is 0 Å². The molecule has 1 aromatic heterocycles. The summed E-state index contributed by atoms with van der Waals surface area (Å²) in [5, 5.41) is 9.42. The first-order chi connectivity index (χ1) is 8.60. The van der Waals surface area contributed by atoms with E-state index in [1.165, 1.54) is 0 Å². The van der Waals surface area contributed by atoms with Gasteiger partial charge in [-0.15, -0.1) is 0 Å². The molecule has 2 rings (SSSR count). The third-order valence-electron chi connectivity index (χ3n) is 2.76. The van der Waals surface area contributed by atoms with Gasteiger partial charge in [-0.1, -0.05) is 0 Å². The quantitative estimate of drug-likeness (QED) is 0.890. The molecule has 1 aliphatic heterocycles. The lowest BCUT2D eigenvalue weighted by Crippen LogP contribution is -2.33. The van der Waals surface area contributed by atoms with Crippen LogP contribution in [0.2, 0.25) is 5.28 Å². The largest absolute Gasteiger partial charge is 0.461 e. The van der Waals surface area contributed by atoms with Crippen LogP contribution in [-0.2, 0) is 0 Å². The summed E-state index contributed by atoms with van der Waals surface area (Å²) in [5.74, 6) is 0.474. The molecule has 0 amide bonds. The minimum absolute atomic E-state index is 0.0245. The third-order valence-corrected chi connectivity index (χ3v) is 2.93. The summed E-state index contributed by atoms with van der Waals surface area (Å²) in [4.78, 5) is 14.2. The molecule has 7 heteroatoms. The van der Waals surface area contributed by atoms with Crippen LogP contribution in [-0.4, -0.2) is 45.4 Å². The normalized spacial score (nSPS) is 19.6. The van der Waals surface area contributed by atoms with E-state index in [1.54, 1.807) is 0 Å². The van der Waals surface area contributed by atoms with Crippen LogP contribution in [0, 0.1) is 0 Å². The lowest BCUT2D eigenvalue weighted by molar-refractivity contribution is 0.221. The van der Waals surface area contributed by atoms with Crippen molar-refractivity contribution >= 4 is 17.5 Å². The smallest absolute Gasteiger partial charge is 0.322 e. The van der Waals surface area contributed by atoms with Crippen LogP contribution in [0.4, 0.5) is 5.95 Å². The van der Waals surface area contributed by atoms with E-state index in [0.717, 1.165) is 19.4 Å². The van der Waals surface area contributed by atoms with Gasteiger partial charge in [0.2, 0.25) is 11.2 Å². The molecule has 0 aliphatic carbocycles. The molecule has 1 atom stereocenters. The third kappa shape index (κ3) is 3.00. The minimum Gasteiger partial charge on any atom is -0.461 e. The molecule has 1 N–H and O–H groups in total. The summed E-state index contributed by atoms with van der Waals surface area (Å²) >= 11 is 5.87. The fraction of sp³-hybridized carbons (Fsp3) is 0.727. The Morgan fingerprint density at radius 1 is 1.44 bits per heavy atom. The van der Waals surface area contributed by atoms with Crippen molar-refractivity contribution in [1.29, 1.82) is 0 Å². The average molecular weight is 273 g/mol. The zero-order valence-corrected chi connectivity index (χ0v) is 11.3. The maximum atomic E-state index is 9.30. The second-order valence-corrected chi connectivity index (χ2v) is 4.86. The van der Waals surface area contributed by atoms with Gasteiger partial charge in [0.25, 0.3) is 0 Å². The SMILES string of the molecule is CC(C)Oc1nc(Cl)nc(N2CCCC2CO)n1. The standard InChI is InChI=1S/C11H17ClN4O2/c1-7(2)18-11-14-9(12)13-10(15-11)16-5-3-4-8(16)6-17/h7-8,17H,3-6H2,1-2H3. The van der Waals surface area contributed by atoms with Gasteiger partial charge in [-0.05, 0) is 38.3 Å². The van der Waals surface area contributed by atoms with Crippen molar-refractivity contribution in [2.75, 3.05) is 18.1 Å². The molecule has 0 aromatic carbocycles. The molecule has 0 radical (unpaired) electrons. The highest BCUT2D eigenvalue weighted by Gasteiger charge is 2.27. The van der Waals surface area contributed by atoms with E-state index in [-0.39, 0.29) is 30.0 Å². The minimum atomic E-state index is -0.0245. The number of anilines is 1. The summed E-state index contributed by atoms with van der Waals surface area (Å²) in [6, 6.07) is 0.277. The number of hydrogen-bond acceptors (Lipinski definition) is 6. The van der Waals surface area contributed by atoms with Crippen LogP contribution in [0.1, 0.15) is 26.7 Å². The van der Waals surface area contributed by atoms with Crippen molar-refractivity contribution in [3.05, 3.63) is 5.28 Å². The van der Waals surface area contributed by atoms with Gasteiger partial charge in [-0.2, -0.15) is 15.0 Å². The zero-order valence-electron chi connectivity index (χ0n) is 10.5. The lowest BCUT2D eigenvalue weighted by atomic mass is 10.2. The summed E-state index contributed by atoms with van der Waals surface area (Å²) < 4.78 is 5.43. The monoisotopic (exact) mass is 272 g/mol.